The first-order valence-corrected chi connectivity index (χ1v) is 9.50. The van der Waals surface area contributed by atoms with Crippen LogP contribution in [0.4, 0.5) is 5.88 Å². The zero-order valence-electron chi connectivity index (χ0n) is 13.8. The maximum absolute atomic E-state index is 12.3. The number of rotatable bonds is 4. The molecule has 2 N–H and O–H groups in total. The van der Waals surface area contributed by atoms with Crippen LogP contribution in [0.1, 0.15) is 11.5 Å². The van der Waals surface area contributed by atoms with Crippen LogP contribution in [-0.4, -0.2) is 31.8 Å². The zero-order valence-corrected chi connectivity index (χ0v) is 15.5. The second-order valence-corrected chi connectivity index (χ2v) is 7.39. The first-order valence-electron chi connectivity index (χ1n) is 7.64. The van der Waals surface area contributed by atoms with E-state index in [2.05, 4.69) is 25.5 Å². The van der Waals surface area contributed by atoms with Gasteiger partial charge in [-0.3, -0.25) is 14.9 Å². The second-order valence-electron chi connectivity index (χ2n) is 5.53. The van der Waals surface area contributed by atoms with Gasteiger partial charge in [0.25, 0.3) is 5.56 Å². The van der Waals surface area contributed by atoms with E-state index in [0.29, 0.717) is 22.2 Å². The molecule has 0 spiro atoms. The first kappa shape index (κ1) is 16.7. The number of aromatic amines is 1. The van der Waals surface area contributed by atoms with Gasteiger partial charge in [-0.05, 0) is 25.3 Å². The van der Waals surface area contributed by atoms with Crippen molar-refractivity contribution in [2.75, 3.05) is 11.1 Å². The van der Waals surface area contributed by atoms with E-state index in [4.69, 9.17) is 4.42 Å². The van der Waals surface area contributed by atoms with Crippen LogP contribution in [0.2, 0.25) is 0 Å². The molecule has 0 aliphatic rings. The number of carbonyl (C=O) groups is 1. The lowest BCUT2D eigenvalue weighted by atomic mass is 10.2. The number of furan rings is 1. The van der Waals surface area contributed by atoms with Gasteiger partial charge in [0.2, 0.25) is 11.8 Å². The molecule has 132 valence electrons. The Labute approximate surface area is 155 Å². The number of nitrogens with zero attached hydrogens (tertiary/aromatic N) is 3. The van der Waals surface area contributed by atoms with Crippen molar-refractivity contribution >= 4 is 55.9 Å². The summed E-state index contributed by atoms with van der Waals surface area (Å²) < 4.78 is 5.58. The SMILES string of the molecule is Cc1n[nH]c(=O)c2c(NC(=O)CSc3ncnc4sccc34)oc(C)c12. The minimum atomic E-state index is -0.402. The summed E-state index contributed by atoms with van der Waals surface area (Å²) in [5.41, 5.74) is 0.234. The maximum Gasteiger partial charge on any atom is 0.277 e. The summed E-state index contributed by atoms with van der Waals surface area (Å²) in [6.07, 6.45) is 1.48. The van der Waals surface area contributed by atoms with Crippen molar-refractivity contribution in [2.24, 2.45) is 0 Å². The molecule has 0 bridgehead atoms. The van der Waals surface area contributed by atoms with Crippen molar-refractivity contribution in [1.82, 2.24) is 20.2 Å². The molecule has 8 nitrogen and oxygen atoms in total. The van der Waals surface area contributed by atoms with E-state index < -0.39 is 5.56 Å². The molecule has 0 radical (unpaired) electrons. The largest absolute Gasteiger partial charge is 0.444 e. The zero-order chi connectivity index (χ0) is 18.3. The van der Waals surface area contributed by atoms with Crippen LogP contribution >= 0.6 is 23.1 Å². The molecule has 0 aliphatic heterocycles. The Kier molecular flexibility index (Phi) is 4.21. The van der Waals surface area contributed by atoms with Crippen LogP contribution < -0.4 is 10.9 Å². The molecule has 0 unspecified atom stereocenters. The van der Waals surface area contributed by atoms with Crippen LogP contribution in [0.3, 0.4) is 0 Å². The Bertz CT molecular complexity index is 1190. The van der Waals surface area contributed by atoms with E-state index in [-0.39, 0.29) is 17.5 Å². The number of hydrogen-bond donors (Lipinski definition) is 2. The maximum atomic E-state index is 12.3. The fourth-order valence-corrected chi connectivity index (χ4v) is 4.29. The number of aromatic nitrogens is 4. The number of amides is 1. The molecule has 0 aromatic carbocycles. The molecule has 4 aromatic heterocycles. The molecular weight excluding hydrogens is 374 g/mol. The minimum absolute atomic E-state index is 0.130. The Morgan fingerprint density at radius 3 is 3.04 bits per heavy atom. The summed E-state index contributed by atoms with van der Waals surface area (Å²) in [4.78, 5) is 33.7. The number of thiophene rings is 1. The second kappa shape index (κ2) is 6.54. The van der Waals surface area contributed by atoms with Crippen molar-refractivity contribution in [1.29, 1.82) is 0 Å². The third kappa shape index (κ3) is 2.86. The molecule has 0 atom stereocenters. The number of thioether (sulfide) groups is 1. The van der Waals surface area contributed by atoms with Gasteiger partial charge in [0.1, 0.15) is 27.3 Å². The lowest BCUT2D eigenvalue weighted by molar-refractivity contribution is -0.113. The van der Waals surface area contributed by atoms with E-state index in [9.17, 15) is 9.59 Å². The number of hydrogen-bond acceptors (Lipinski definition) is 8. The summed E-state index contributed by atoms with van der Waals surface area (Å²) in [5, 5.41) is 13.5. The third-order valence-electron chi connectivity index (χ3n) is 3.82. The van der Waals surface area contributed by atoms with Crippen molar-refractivity contribution < 1.29 is 9.21 Å². The number of anilines is 1. The van der Waals surface area contributed by atoms with Gasteiger partial charge >= 0.3 is 0 Å². The van der Waals surface area contributed by atoms with Crippen LogP contribution in [0.15, 0.2) is 32.0 Å². The van der Waals surface area contributed by atoms with E-state index >= 15 is 0 Å². The highest BCUT2D eigenvalue weighted by atomic mass is 32.2. The number of carbonyl (C=O) groups excluding carboxylic acids is 1. The predicted octanol–water partition coefficient (Wildman–Crippen LogP) is 2.87. The molecule has 0 fully saturated rings. The van der Waals surface area contributed by atoms with Gasteiger partial charge in [-0.15, -0.1) is 11.3 Å². The quantitative estimate of drug-likeness (QED) is 0.409. The molecule has 1 amide bonds. The van der Waals surface area contributed by atoms with E-state index in [1.807, 2.05) is 11.4 Å². The average molecular weight is 387 g/mol. The monoisotopic (exact) mass is 387 g/mol. The summed E-state index contributed by atoms with van der Waals surface area (Å²) in [7, 11) is 0. The van der Waals surface area contributed by atoms with Crippen molar-refractivity contribution in [3.05, 3.63) is 39.6 Å². The lowest BCUT2D eigenvalue weighted by Gasteiger charge is -2.03. The number of nitrogens with one attached hydrogen (secondary N) is 2. The highest BCUT2D eigenvalue weighted by Gasteiger charge is 2.19. The summed E-state index contributed by atoms with van der Waals surface area (Å²) in [6.45, 7) is 3.50. The van der Waals surface area contributed by atoms with Gasteiger partial charge in [-0.1, -0.05) is 11.8 Å². The molecule has 10 heteroatoms. The summed E-state index contributed by atoms with van der Waals surface area (Å²) in [5.74, 6) is 0.514. The van der Waals surface area contributed by atoms with Crippen molar-refractivity contribution in [3.8, 4) is 0 Å². The van der Waals surface area contributed by atoms with Crippen LogP contribution in [0, 0.1) is 13.8 Å². The van der Waals surface area contributed by atoms with Crippen LogP contribution in [0.5, 0.6) is 0 Å². The molecule has 4 rings (SSSR count). The predicted molar refractivity (Wildman–Crippen MR) is 101 cm³/mol. The smallest absolute Gasteiger partial charge is 0.277 e. The number of H-pyrrole nitrogens is 1. The minimum Gasteiger partial charge on any atom is -0.444 e. The Balaban J connectivity index is 1.56. The third-order valence-corrected chi connectivity index (χ3v) is 5.64. The van der Waals surface area contributed by atoms with E-state index in [1.54, 1.807) is 13.8 Å². The summed E-state index contributed by atoms with van der Waals surface area (Å²) in [6, 6.07) is 1.93. The van der Waals surface area contributed by atoms with Gasteiger partial charge < -0.3 is 4.42 Å². The topological polar surface area (TPSA) is 114 Å². The Hall–Kier alpha value is -2.72. The van der Waals surface area contributed by atoms with Gasteiger partial charge in [0, 0.05) is 5.39 Å². The molecule has 0 saturated carbocycles. The first-order chi connectivity index (χ1) is 12.5. The van der Waals surface area contributed by atoms with Crippen LogP contribution in [-0.2, 0) is 4.79 Å². The van der Waals surface area contributed by atoms with E-state index in [1.165, 1.54) is 29.4 Å². The highest BCUT2D eigenvalue weighted by molar-refractivity contribution is 8.00. The van der Waals surface area contributed by atoms with Gasteiger partial charge in [-0.2, -0.15) is 5.10 Å². The Morgan fingerprint density at radius 2 is 2.19 bits per heavy atom. The fraction of sp³-hybridized carbons (Fsp3) is 0.188. The van der Waals surface area contributed by atoms with Crippen LogP contribution in [0.25, 0.3) is 21.0 Å². The van der Waals surface area contributed by atoms with Gasteiger partial charge in [0.15, 0.2) is 0 Å². The van der Waals surface area contributed by atoms with Crippen molar-refractivity contribution in [3.63, 3.8) is 0 Å². The molecule has 4 heterocycles. The average Bonchev–Trinajstić information content (AvgIpc) is 3.22. The standard InChI is InChI=1S/C16H13N5O3S2/c1-7-11-8(2)24-14(12(11)13(23)21-20-7)19-10(22)5-26-16-9-3-4-25-15(9)17-6-18-16/h3-4,6H,5H2,1-2H3,(H,19,22)(H,21,23). The number of aryl methyl sites for hydroxylation is 2. The van der Waals surface area contributed by atoms with Gasteiger partial charge in [0.05, 0.1) is 16.8 Å². The molecule has 0 aliphatic carbocycles. The summed E-state index contributed by atoms with van der Waals surface area (Å²) >= 11 is 2.83. The van der Waals surface area contributed by atoms with Crippen molar-refractivity contribution in [2.45, 2.75) is 18.9 Å². The Morgan fingerprint density at radius 1 is 1.35 bits per heavy atom. The lowest BCUT2D eigenvalue weighted by Crippen LogP contribution is -2.16. The van der Waals surface area contributed by atoms with Gasteiger partial charge in [-0.25, -0.2) is 15.1 Å². The van der Waals surface area contributed by atoms with E-state index in [0.717, 1.165) is 15.2 Å². The highest BCUT2D eigenvalue weighted by Crippen LogP contribution is 2.30. The number of fused-ring (bicyclic) bond motifs is 2. The molecule has 0 saturated heterocycles. The fourth-order valence-electron chi connectivity index (χ4n) is 2.71. The normalized spacial score (nSPS) is 11.3. The molecule has 26 heavy (non-hydrogen) atoms. The molecular formula is C16H13N5O3S2. The molecule has 4 aromatic rings.